The van der Waals surface area contributed by atoms with Crippen molar-refractivity contribution in [3.63, 3.8) is 0 Å². The van der Waals surface area contributed by atoms with Gasteiger partial charge in [-0.3, -0.25) is 9.69 Å². The van der Waals surface area contributed by atoms with Crippen LogP contribution in [-0.2, 0) is 20.6 Å². The van der Waals surface area contributed by atoms with Crippen molar-refractivity contribution in [3.8, 4) is 0 Å². The zero-order chi connectivity index (χ0) is 20.1. The van der Waals surface area contributed by atoms with Crippen LogP contribution in [0, 0.1) is 0 Å². The van der Waals surface area contributed by atoms with Gasteiger partial charge < -0.3 is 14.1 Å². The van der Waals surface area contributed by atoms with Crippen LogP contribution in [0.15, 0.2) is 30.3 Å². The molecule has 1 fully saturated rings. The SMILES string of the molecule is CN1CCN(CC(=O)OCc2ccccc2)C(CO[Si](C)(C)C(C)(C)C)C1. The Bertz CT molecular complexity index is 601. The van der Waals surface area contributed by atoms with Crippen LogP contribution >= 0.6 is 0 Å². The smallest absolute Gasteiger partial charge is 0.320 e. The van der Waals surface area contributed by atoms with Gasteiger partial charge in [-0.15, -0.1) is 0 Å². The number of rotatable bonds is 7. The van der Waals surface area contributed by atoms with Crippen molar-refractivity contribution >= 4 is 14.3 Å². The molecule has 152 valence electrons. The number of hydrogen-bond donors (Lipinski definition) is 0. The van der Waals surface area contributed by atoms with Crippen LogP contribution in [0.3, 0.4) is 0 Å². The Morgan fingerprint density at radius 3 is 2.48 bits per heavy atom. The van der Waals surface area contributed by atoms with Crippen LogP contribution in [-0.4, -0.2) is 70.0 Å². The minimum absolute atomic E-state index is 0.166. The number of carbonyl (C=O) groups is 1. The van der Waals surface area contributed by atoms with Crippen molar-refractivity contribution in [1.29, 1.82) is 0 Å². The fourth-order valence-electron chi connectivity index (χ4n) is 2.89. The van der Waals surface area contributed by atoms with Crippen molar-refractivity contribution in [3.05, 3.63) is 35.9 Å². The third-order valence-electron chi connectivity index (χ3n) is 5.83. The van der Waals surface area contributed by atoms with Crippen molar-refractivity contribution < 1.29 is 14.0 Å². The molecule has 0 aliphatic carbocycles. The van der Waals surface area contributed by atoms with E-state index in [2.05, 4.69) is 50.7 Å². The highest BCUT2D eigenvalue weighted by atomic mass is 28.4. The summed E-state index contributed by atoms with van der Waals surface area (Å²) in [5.41, 5.74) is 1.02. The maximum atomic E-state index is 12.4. The Morgan fingerprint density at radius 1 is 1.19 bits per heavy atom. The van der Waals surface area contributed by atoms with E-state index >= 15 is 0 Å². The first-order chi connectivity index (χ1) is 12.6. The Morgan fingerprint density at radius 2 is 1.85 bits per heavy atom. The molecule has 0 saturated carbocycles. The van der Waals surface area contributed by atoms with Gasteiger partial charge >= 0.3 is 5.97 Å². The lowest BCUT2D eigenvalue weighted by Crippen LogP contribution is -2.56. The van der Waals surface area contributed by atoms with Gasteiger partial charge in [0, 0.05) is 25.7 Å². The van der Waals surface area contributed by atoms with Gasteiger partial charge in [0.25, 0.3) is 0 Å². The topological polar surface area (TPSA) is 42.0 Å². The second-order valence-corrected chi connectivity index (χ2v) is 13.9. The molecule has 0 amide bonds. The zero-order valence-corrected chi connectivity index (χ0v) is 18.8. The number of nitrogens with zero attached hydrogens (tertiary/aromatic N) is 2. The molecule has 0 aromatic heterocycles. The van der Waals surface area contributed by atoms with E-state index in [4.69, 9.17) is 9.16 Å². The summed E-state index contributed by atoms with van der Waals surface area (Å²) in [6.45, 7) is 15.4. The minimum Gasteiger partial charge on any atom is -0.460 e. The summed E-state index contributed by atoms with van der Waals surface area (Å²) in [4.78, 5) is 16.9. The Labute approximate surface area is 165 Å². The van der Waals surface area contributed by atoms with Crippen LogP contribution in [0.1, 0.15) is 26.3 Å². The van der Waals surface area contributed by atoms with E-state index in [1.54, 1.807) is 0 Å². The van der Waals surface area contributed by atoms with Crippen molar-refractivity contribution in [1.82, 2.24) is 9.80 Å². The highest BCUT2D eigenvalue weighted by Gasteiger charge is 2.38. The summed E-state index contributed by atoms with van der Waals surface area (Å²) in [5, 5.41) is 0.188. The first-order valence-electron chi connectivity index (χ1n) is 9.84. The number of likely N-dealkylation sites (N-methyl/N-ethyl adjacent to an activating group) is 1. The van der Waals surface area contributed by atoms with Crippen molar-refractivity contribution in [2.45, 2.75) is 51.6 Å². The van der Waals surface area contributed by atoms with E-state index in [0.29, 0.717) is 19.8 Å². The number of carbonyl (C=O) groups excluding carboxylic acids is 1. The number of piperazine rings is 1. The van der Waals surface area contributed by atoms with E-state index in [1.807, 2.05) is 30.3 Å². The lowest BCUT2D eigenvalue weighted by Gasteiger charge is -2.42. The molecule has 0 spiro atoms. The summed E-state index contributed by atoms with van der Waals surface area (Å²) in [5.74, 6) is -0.166. The molecule has 1 aromatic rings. The summed E-state index contributed by atoms with van der Waals surface area (Å²) in [6.07, 6.45) is 0. The van der Waals surface area contributed by atoms with E-state index < -0.39 is 8.32 Å². The van der Waals surface area contributed by atoms with Crippen LogP contribution in [0.5, 0.6) is 0 Å². The van der Waals surface area contributed by atoms with E-state index in [0.717, 1.165) is 25.2 Å². The number of esters is 1. The minimum atomic E-state index is -1.80. The molecule has 1 heterocycles. The fourth-order valence-corrected chi connectivity index (χ4v) is 3.93. The van der Waals surface area contributed by atoms with Crippen LogP contribution in [0.2, 0.25) is 18.1 Å². The van der Waals surface area contributed by atoms with Gasteiger partial charge in [0.05, 0.1) is 13.2 Å². The van der Waals surface area contributed by atoms with Gasteiger partial charge in [0.2, 0.25) is 0 Å². The first-order valence-corrected chi connectivity index (χ1v) is 12.8. The second-order valence-electron chi connectivity index (χ2n) is 9.10. The van der Waals surface area contributed by atoms with Gasteiger partial charge in [0.1, 0.15) is 6.61 Å². The summed E-state index contributed by atoms with van der Waals surface area (Å²) in [6, 6.07) is 10.0. The second kappa shape index (κ2) is 9.32. The van der Waals surface area contributed by atoms with Crippen molar-refractivity contribution in [2.24, 2.45) is 0 Å². The Balaban J connectivity index is 1.89. The molecule has 1 unspecified atom stereocenters. The van der Waals surface area contributed by atoms with E-state index in [-0.39, 0.29) is 17.0 Å². The predicted octanol–water partition coefficient (Wildman–Crippen LogP) is 3.37. The molecule has 27 heavy (non-hydrogen) atoms. The van der Waals surface area contributed by atoms with Gasteiger partial charge in [-0.2, -0.15) is 0 Å². The summed E-state index contributed by atoms with van der Waals surface area (Å²) in [7, 11) is 0.328. The number of hydrogen-bond acceptors (Lipinski definition) is 5. The number of benzene rings is 1. The third kappa shape index (κ3) is 6.71. The molecule has 2 rings (SSSR count). The first kappa shape index (κ1) is 22.1. The fraction of sp³-hybridized carbons (Fsp3) is 0.667. The molecule has 1 atom stereocenters. The van der Waals surface area contributed by atoms with Crippen LogP contribution < -0.4 is 0 Å². The molecule has 1 aliphatic heterocycles. The molecule has 0 bridgehead atoms. The lowest BCUT2D eigenvalue weighted by atomic mass is 10.2. The average molecular weight is 393 g/mol. The molecule has 0 radical (unpaired) electrons. The molecular weight excluding hydrogens is 356 g/mol. The Kier molecular flexibility index (Phi) is 7.62. The normalized spacial score (nSPS) is 19.9. The standard InChI is InChI=1S/C21H36N2O3Si/c1-21(2,3)27(5,6)26-17-19-14-22(4)12-13-23(19)15-20(24)25-16-18-10-8-7-9-11-18/h7-11,19H,12-17H2,1-6H3. The summed E-state index contributed by atoms with van der Waals surface area (Å²) < 4.78 is 11.9. The highest BCUT2D eigenvalue weighted by molar-refractivity contribution is 6.74. The molecule has 1 saturated heterocycles. The van der Waals surface area contributed by atoms with Gasteiger partial charge in [0.15, 0.2) is 8.32 Å². The van der Waals surface area contributed by atoms with Crippen molar-refractivity contribution in [2.75, 3.05) is 39.8 Å². The number of ether oxygens (including phenoxy) is 1. The molecule has 0 N–H and O–H groups in total. The average Bonchev–Trinajstić information content (AvgIpc) is 2.60. The molecule has 5 nitrogen and oxygen atoms in total. The van der Waals surface area contributed by atoms with Crippen LogP contribution in [0.4, 0.5) is 0 Å². The summed E-state index contributed by atoms with van der Waals surface area (Å²) >= 11 is 0. The monoisotopic (exact) mass is 392 g/mol. The lowest BCUT2D eigenvalue weighted by molar-refractivity contribution is -0.147. The van der Waals surface area contributed by atoms with E-state index in [9.17, 15) is 4.79 Å². The molecule has 1 aliphatic rings. The highest BCUT2D eigenvalue weighted by Crippen LogP contribution is 2.36. The quantitative estimate of drug-likeness (QED) is 0.526. The molecule has 6 heteroatoms. The third-order valence-corrected chi connectivity index (χ3v) is 10.3. The van der Waals surface area contributed by atoms with Gasteiger partial charge in [-0.1, -0.05) is 51.1 Å². The zero-order valence-electron chi connectivity index (χ0n) is 17.8. The van der Waals surface area contributed by atoms with Crippen LogP contribution in [0.25, 0.3) is 0 Å². The Hall–Kier alpha value is -1.21. The molecule has 1 aromatic carbocycles. The largest absolute Gasteiger partial charge is 0.460 e. The maximum absolute atomic E-state index is 12.4. The van der Waals surface area contributed by atoms with Gasteiger partial charge in [-0.05, 0) is 30.7 Å². The van der Waals surface area contributed by atoms with E-state index in [1.165, 1.54) is 0 Å². The molecular formula is C21H36N2O3Si. The predicted molar refractivity (Wildman–Crippen MR) is 112 cm³/mol. The van der Waals surface area contributed by atoms with Gasteiger partial charge in [-0.25, -0.2) is 0 Å². The maximum Gasteiger partial charge on any atom is 0.320 e.